The number of piperidine rings is 1. The van der Waals surface area contributed by atoms with Crippen molar-refractivity contribution < 1.29 is 36.7 Å². The molecule has 3 heterocycles. The third-order valence-corrected chi connectivity index (χ3v) is 9.79. The van der Waals surface area contributed by atoms with Crippen molar-refractivity contribution in [2.75, 3.05) is 32.7 Å². The van der Waals surface area contributed by atoms with Gasteiger partial charge in [-0.15, -0.1) is 11.3 Å². The number of carbonyl (C=O) groups excluding carboxylic acids is 3. The molecule has 0 spiro atoms. The van der Waals surface area contributed by atoms with Crippen LogP contribution in [0.2, 0.25) is 0 Å². The lowest BCUT2D eigenvalue weighted by Crippen LogP contribution is -2.51. The molecule has 0 radical (unpaired) electrons. The molecule has 1 saturated carbocycles. The second kappa shape index (κ2) is 13.3. The smallest absolute Gasteiger partial charge is 0.411 e. The summed E-state index contributed by atoms with van der Waals surface area (Å²) in [4.78, 5) is 44.2. The van der Waals surface area contributed by atoms with Gasteiger partial charge in [-0.1, -0.05) is 12.1 Å². The van der Waals surface area contributed by atoms with E-state index in [2.05, 4.69) is 6.07 Å². The summed E-state index contributed by atoms with van der Waals surface area (Å²) in [6.07, 6.45) is -2.50. The van der Waals surface area contributed by atoms with E-state index in [0.29, 0.717) is 16.0 Å². The quantitative estimate of drug-likeness (QED) is 0.308. The molecule has 2 bridgehead atoms. The number of ketones is 1. The molecule has 1 aromatic carbocycles. The first-order valence-corrected chi connectivity index (χ1v) is 16.4. The largest absolute Gasteiger partial charge is 0.444 e. The van der Waals surface area contributed by atoms with Gasteiger partial charge in [0, 0.05) is 38.6 Å². The predicted molar refractivity (Wildman–Crippen MR) is 164 cm³/mol. The van der Waals surface area contributed by atoms with Crippen molar-refractivity contribution in [1.29, 1.82) is 5.26 Å². The SMILES string of the molecule is CC(C)(C)OC(=O)N1[C@@H]2CC[C@@H](C2)[C@H]1C(=O)C[C@H](C#N)Cc1ccc(-c2csc(C(=O)N3CCN(CC(F)(F)F)CC3)c2)cc1F. The highest BCUT2D eigenvalue weighted by atomic mass is 32.1. The molecule has 1 aromatic heterocycles. The minimum Gasteiger partial charge on any atom is -0.444 e. The Hall–Kier alpha value is -3.50. The number of halogens is 4. The van der Waals surface area contributed by atoms with E-state index in [1.165, 1.54) is 27.2 Å². The Labute approximate surface area is 269 Å². The van der Waals surface area contributed by atoms with Gasteiger partial charge in [-0.2, -0.15) is 18.4 Å². The zero-order valence-corrected chi connectivity index (χ0v) is 26.9. The van der Waals surface area contributed by atoms with Crippen molar-refractivity contribution in [1.82, 2.24) is 14.7 Å². The summed E-state index contributed by atoms with van der Waals surface area (Å²) in [6, 6.07) is 7.69. The number of thiophene rings is 1. The topological polar surface area (TPSA) is 93.9 Å². The maximum Gasteiger partial charge on any atom is 0.411 e. The summed E-state index contributed by atoms with van der Waals surface area (Å²) in [5.41, 5.74) is 0.735. The second-order valence-electron chi connectivity index (χ2n) is 13.4. The van der Waals surface area contributed by atoms with E-state index < -0.39 is 42.2 Å². The number of fused-ring (bicyclic) bond motifs is 2. The van der Waals surface area contributed by atoms with Gasteiger partial charge in [-0.3, -0.25) is 19.4 Å². The molecule has 2 saturated heterocycles. The van der Waals surface area contributed by atoms with Gasteiger partial charge in [-0.25, -0.2) is 9.18 Å². The third-order valence-electron chi connectivity index (χ3n) is 8.87. The van der Waals surface area contributed by atoms with Crippen LogP contribution in [0.15, 0.2) is 29.6 Å². The third kappa shape index (κ3) is 7.89. The number of ether oxygens (including phenoxy) is 1. The maximum atomic E-state index is 15.3. The van der Waals surface area contributed by atoms with Gasteiger partial charge in [0.15, 0.2) is 5.78 Å². The van der Waals surface area contributed by atoms with Gasteiger partial charge in [-0.05, 0) is 86.6 Å². The summed E-state index contributed by atoms with van der Waals surface area (Å²) >= 11 is 1.19. The number of nitrogens with zero attached hydrogens (tertiary/aromatic N) is 4. The van der Waals surface area contributed by atoms with Gasteiger partial charge in [0.25, 0.3) is 5.91 Å². The van der Waals surface area contributed by atoms with Crippen molar-refractivity contribution in [3.63, 3.8) is 0 Å². The predicted octanol–water partition coefficient (Wildman–Crippen LogP) is 6.30. The normalized spacial score (nSPS) is 22.5. The van der Waals surface area contributed by atoms with Crippen molar-refractivity contribution in [3.8, 4) is 17.2 Å². The fourth-order valence-electron chi connectivity index (χ4n) is 6.78. The Kier molecular flexibility index (Phi) is 9.80. The van der Waals surface area contributed by atoms with E-state index in [1.54, 1.807) is 49.3 Å². The van der Waals surface area contributed by atoms with E-state index in [4.69, 9.17) is 4.74 Å². The van der Waals surface area contributed by atoms with E-state index in [0.717, 1.165) is 19.3 Å². The van der Waals surface area contributed by atoms with Crippen LogP contribution < -0.4 is 0 Å². The molecular formula is C33H38F4N4O4S. The zero-order chi connectivity index (χ0) is 33.4. The summed E-state index contributed by atoms with van der Waals surface area (Å²) in [6.45, 7) is 4.96. The lowest BCUT2D eigenvalue weighted by molar-refractivity contribution is -0.148. The molecule has 46 heavy (non-hydrogen) atoms. The van der Waals surface area contributed by atoms with Crippen LogP contribution in [-0.2, 0) is 16.0 Å². The summed E-state index contributed by atoms with van der Waals surface area (Å²) in [7, 11) is 0. The molecule has 2 aromatic rings. The number of rotatable bonds is 8. The molecular weight excluding hydrogens is 624 g/mol. The van der Waals surface area contributed by atoms with Crippen LogP contribution >= 0.6 is 11.3 Å². The fourth-order valence-corrected chi connectivity index (χ4v) is 7.67. The molecule has 2 aliphatic heterocycles. The molecule has 2 amide bonds. The molecule has 0 N–H and O–H groups in total. The maximum absolute atomic E-state index is 15.3. The van der Waals surface area contributed by atoms with Gasteiger partial charge >= 0.3 is 12.3 Å². The van der Waals surface area contributed by atoms with E-state index in [1.807, 2.05) is 0 Å². The highest BCUT2D eigenvalue weighted by Gasteiger charge is 2.52. The first-order valence-electron chi connectivity index (χ1n) is 15.5. The summed E-state index contributed by atoms with van der Waals surface area (Å²) < 4.78 is 58.9. The minimum atomic E-state index is -4.28. The van der Waals surface area contributed by atoms with E-state index >= 15 is 4.39 Å². The molecule has 8 nitrogen and oxygen atoms in total. The van der Waals surface area contributed by atoms with Crippen molar-refractivity contribution in [2.24, 2.45) is 11.8 Å². The monoisotopic (exact) mass is 662 g/mol. The number of carbonyl (C=O) groups is 3. The van der Waals surface area contributed by atoms with Crippen LogP contribution in [-0.4, -0.2) is 89.1 Å². The van der Waals surface area contributed by atoms with E-state index in [-0.39, 0.29) is 68.2 Å². The zero-order valence-electron chi connectivity index (χ0n) is 26.1. The average molecular weight is 663 g/mol. The van der Waals surface area contributed by atoms with Crippen LogP contribution in [0.4, 0.5) is 22.4 Å². The number of piperazine rings is 1. The number of hydrogen-bond acceptors (Lipinski definition) is 7. The van der Waals surface area contributed by atoms with E-state index in [9.17, 15) is 32.8 Å². The molecule has 1 aliphatic carbocycles. The van der Waals surface area contributed by atoms with Gasteiger partial charge in [0.2, 0.25) is 0 Å². The van der Waals surface area contributed by atoms with Gasteiger partial charge < -0.3 is 9.64 Å². The van der Waals surface area contributed by atoms with Crippen LogP contribution in [0.5, 0.6) is 0 Å². The summed E-state index contributed by atoms with van der Waals surface area (Å²) in [5.74, 6) is -1.78. The number of hydrogen-bond donors (Lipinski definition) is 0. The van der Waals surface area contributed by atoms with Crippen molar-refractivity contribution >= 4 is 29.1 Å². The van der Waals surface area contributed by atoms with Crippen LogP contribution in [0, 0.1) is 29.0 Å². The molecule has 13 heteroatoms. The lowest BCUT2D eigenvalue weighted by Gasteiger charge is -2.35. The number of likely N-dealkylation sites (tertiary alicyclic amines) is 1. The Morgan fingerprint density at radius 3 is 2.41 bits per heavy atom. The van der Waals surface area contributed by atoms with Crippen LogP contribution in [0.25, 0.3) is 11.1 Å². The van der Waals surface area contributed by atoms with Crippen molar-refractivity contribution in [3.05, 3.63) is 45.9 Å². The number of benzene rings is 1. The highest BCUT2D eigenvalue weighted by Crippen LogP contribution is 2.44. The molecule has 248 valence electrons. The summed E-state index contributed by atoms with van der Waals surface area (Å²) in [5, 5.41) is 11.6. The Bertz CT molecular complexity index is 1510. The number of alkyl halides is 3. The average Bonchev–Trinajstić information content (AvgIpc) is 3.73. The Morgan fingerprint density at radius 1 is 1.07 bits per heavy atom. The minimum absolute atomic E-state index is 0.0231. The first-order chi connectivity index (χ1) is 21.6. The molecule has 0 unspecified atom stereocenters. The molecule has 4 atom stereocenters. The lowest BCUT2D eigenvalue weighted by atomic mass is 9.87. The van der Waals surface area contributed by atoms with Gasteiger partial charge in [0.1, 0.15) is 11.4 Å². The van der Waals surface area contributed by atoms with Crippen LogP contribution in [0.3, 0.4) is 0 Å². The highest BCUT2D eigenvalue weighted by molar-refractivity contribution is 7.12. The Balaban J connectivity index is 1.19. The number of nitriles is 1. The second-order valence-corrected chi connectivity index (χ2v) is 14.4. The Morgan fingerprint density at radius 2 is 1.78 bits per heavy atom. The number of amides is 2. The molecule has 3 fully saturated rings. The van der Waals surface area contributed by atoms with Crippen LogP contribution in [0.1, 0.15) is 61.7 Å². The molecule has 3 aliphatic rings. The first kappa shape index (κ1) is 33.9. The fraction of sp³-hybridized carbons (Fsp3) is 0.576. The molecule has 5 rings (SSSR count). The standard InChI is InChI=1S/C33H38F4N4O4S/c1-32(2,3)45-31(44)41-25-7-6-23(14-25)29(41)27(42)13-20(17-38)12-22-5-4-21(15-26(22)34)24-16-28(46-18-24)30(43)40-10-8-39(9-11-40)19-33(35,36)37/h4-5,15-16,18,20,23,25,29H,6-14,19H2,1-3H3/t20-,23+,25-,29+/m1/s1. The van der Waals surface area contributed by atoms with Gasteiger partial charge in [0.05, 0.1) is 29.5 Å². The van der Waals surface area contributed by atoms with Crippen molar-refractivity contribution in [2.45, 2.75) is 76.7 Å². The number of Topliss-reactive ketones (excluding diaryl/α,β-unsaturated/α-hetero) is 1.